The summed E-state index contributed by atoms with van der Waals surface area (Å²) in [5.74, 6) is 0.00945. The number of carbonyl (C=O) groups excluding carboxylic acids is 1. The highest BCUT2D eigenvalue weighted by molar-refractivity contribution is 6.03. The number of carbonyl (C=O) groups is 1. The Morgan fingerprint density at radius 3 is 2.15 bits per heavy atom. The predicted octanol–water partition coefficient (Wildman–Crippen LogP) is 4.48. The normalized spacial score (nSPS) is 10.4. The fraction of sp³-hybridized carbons (Fsp3) is 0.0556. The Morgan fingerprint density at radius 1 is 0.800 bits per heavy atom. The fourth-order valence-electron chi connectivity index (χ4n) is 2.46. The molecule has 0 atom stereocenters. The Labute approximate surface area is 118 Å². The van der Waals surface area contributed by atoms with E-state index in [0.29, 0.717) is 0 Å². The van der Waals surface area contributed by atoms with Gasteiger partial charge in [0.2, 0.25) is 5.91 Å². The number of hydrogen-bond acceptors (Lipinski definition) is 1. The SMILES string of the molecule is CC(=O)N(c1ccccc1)c1ccc2cccccc1-2. The van der Waals surface area contributed by atoms with Gasteiger partial charge in [0.15, 0.2) is 0 Å². The molecule has 0 saturated carbocycles. The third kappa shape index (κ3) is 2.16. The first-order valence-electron chi connectivity index (χ1n) is 6.61. The number of hydrogen-bond donors (Lipinski definition) is 0. The summed E-state index contributed by atoms with van der Waals surface area (Å²) in [6, 6.07) is 23.9. The quantitative estimate of drug-likeness (QED) is 0.666. The molecule has 0 N–H and O–H groups in total. The lowest BCUT2D eigenvalue weighted by Gasteiger charge is -2.21. The van der Waals surface area contributed by atoms with Gasteiger partial charge in [0.05, 0.1) is 5.69 Å². The summed E-state index contributed by atoms with van der Waals surface area (Å²) in [7, 11) is 0. The molecule has 98 valence electrons. The number of benzene rings is 1. The Balaban J connectivity index is 2.16. The van der Waals surface area contributed by atoms with Gasteiger partial charge >= 0.3 is 0 Å². The molecule has 0 bridgehead atoms. The van der Waals surface area contributed by atoms with E-state index in [4.69, 9.17) is 0 Å². The van der Waals surface area contributed by atoms with Crippen LogP contribution >= 0.6 is 0 Å². The highest BCUT2D eigenvalue weighted by atomic mass is 16.2. The average molecular weight is 261 g/mol. The summed E-state index contributed by atoms with van der Waals surface area (Å²) >= 11 is 0. The molecule has 2 nitrogen and oxygen atoms in total. The standard InChI is InChI=1S/C18H15NO/c1-14(20)19(16-9-5-3-6-10-16)18-13-12-15-8-4-2-7-11-17(15)18/h2-13H,1H3. The lowest BCUT2D eigenvalue weighted by Crippen LogP contribution is -2.22. The van der Waals surface area contributed by atoms with E-state index in [9.17, 15) is 4.79 Å². The lowest BCUT2D eigenvalue weighted by atomic mass is 10.1. The molecule has 0 radical (unpaired) electrons. The minimum absolute atomic E-state index is 0.00945. The molecule has 0 fully saturated rings. The maximum absolute atomic E-state index is 12.1. The van der Waals surface area contributed by atoms with Crippen LogP contribution in [0, 0.1) is 0 Å². The fourth-order valence-corrected chi connectivity index (χ4v) is 2.46. The molecule has 0 unspecified atom stereocenters. The van der Waals surface area contributed by atoms with Crippen molar-refractivity contribution in [2.45, 2.75) is 6.92 Å². The van der Waals surface area contributed by atoms with Crippen molar-refractivity contribution in [1.29, 1.82) is 0 Å². The molecule has 20 heavy (non-hydrogen) atoms. The summed E-state index contributed by atoms with van der Waals surface area (Å²) in [5, 5.41) is 0. The van der Waals surface area contributed by atoms with Crippen molar-refractivity contribution in [2.24, 2.45) is 0 Å². The maximum atomic E-state index is 12.1. The molecule has 1 aromatic rings. The number of anilines is 2. The third-order valence-corrected chi connectivity index (χ3v) is 3.34. The summed E-state index contributed by atoms with van der Waals surface area (Å²) in [6.45, 7) is 1.59. The maximum Gasteiger partial charge on any atom is 0.228 e. The van der Waals surface area contributed by atoms with Gasteiger partial charge in [-0.25, -0.2) is 0 Å². The molecule has 0 aromatic heterocycles. The van der Waals surface area contributed by atoms with Gasteiger partial charge < -0.3 is 0 Å². The molecule has 1 aromatic carbocycles. The zero-order valence-electron chi connectivity index (χ0n) is 11.3. The number of nitrogens with zero attached hydrogens (tertiary/aromatic N) is 1. The Kier molecular flexibility index (Phi) is 3.21. The van der Waals surface area contributed by atoms with Gasteiger partial charge in [-0.05, 0) is 23.8 Å². The second kappa shape index (κ2) is 5.17. The van der Waals surface area contributed by atoms with Gasteiger partial charge in [0.25, 0.3) is 0 Å². The number of rotatable bonds is 2. The Bertz CT molecular complexity index is 706. The molecule has 3 rings (SSSR count). The van der Waals surface area contributed by atoms with Gasteiger partial charge in [0.1, 0.15) is 0 Å². The second-order valence-corrected chi connectivity index (χ2v) is 4.69. The number of fused-ring (bicyclic) bond motifs is 1. The molecule has 2 aliphatic rings. The van der Waals surface area contributed by atoms with Crippen LogP contribution in [0.5, 0.6) is 0 Å². The number of amides is 1. The van der Waals surface area contributed by atoms with Crippen LogP contribution in [0.3, 0.4) is 0 Å². The van der Waals surface area contributed by atoms with Gasteiger partial charge in [-0.2, -0.15) is 0 Å². The van der Waals surface area contributed by atoms with E-state index in [1.807, 2.05) is 66.7 Å². The summed E-state index contributed by atoms with van der Waals surface area (Å²) in [5.41, 5.74) is 4.02. The van der Waals surface area contributed by atoms with Crippen LogP contribution in [0.2, 0.25) is 0 Å². The van der Waals surface area contributed by atoms with Crippen molar-refractivity contribution in [3.05, 3.63) is 72.8 Å². The van der Waals surface area contributed by atoms with E-state index in [1.165, 1.54) is 0 Å². The van der Waals surface area contributed by atoms with Gasteiger partial charge in [-0.1, -0.05) is 54.6 Å². The molecule has 0 heterocycles. The van der Waals surface area contributed by atoms with E-state index < -0.39 is 0 Å². The van der Waals surface area contributed by atoms with Crippen LogP contribution in [0.15, 0.2) is 72.8 Å². The molecular weight excluding hydrogens is 246 g/mol. The van der Waals surface area contributed by atoms with Crippen molar-refractivity contribution < 1.29 is 4.79 Å². The molecular formula is C18H15NO. The average Bonchev–Trinajstić information content (AvgIpc) is 2.70. The summed E-state index contributed by atoms with van der Waals surface area (Å²) in [6.07, 6.45) is 0. The van der Waals surface area contributed by atoms with E-state index in [2.05, 4.69) is 6.07 Å². The van der Waals surface area contributed by atoms with Gasteiger partial charge in [-0.3, -0.25) is 9.69 Å². The van der Waals surface area contributed by atoms with E-state index in [-0.39, 0.29) is 5.91 Å². The zero-order valence-corrected chi connectivity index (χ0v) is 11.3. The third-order valence-electron chi connectivity index (χ3n) is 3.34. The van der Waals surface area contributed by atoms with Crippen molar-refractivity contribution in [2.75, 3.05) is 4.90 Å². The minimum atomic E-state index is 0.00945. The molecule has 2 heteroatoms. The first kappa shape index (κ1) is 12.4. The molecule has 2 aliphatic carbocycles. The van der Waals surface area contributed by atoms with Crippen LogP contribution in [0.4, 0.5) is 11.4 Å². The Hall–Kier alpha value is -2.61. The zero-order chi connectivity index (χ0) is 13.9. The number of para-hydroxylation sites is 1. The molecule has 1 amide bonds. The minimum Gasteiger partial charge on any atom is -0.281 e. The van der Waals surface area contributed by atoms with Crippen LogP contribution in [0.25, 0.3) is 11.1 Å². The molecule has 0 saturated heterocycles. The van der Waals surface area contributed by atoms with Crippen molar-refractivity contribution >= 4 is 17.3 Å². The first-order valence-corrected chi connectivity index (χ1v) is 6.61. The van der Waals surface area contributed by atoms with Crippen molar-refractivity contribution in [3.63, 3.8) is 0 Å². The van der Waals surface area contributed by atoms with Crippen molar-refractivity contribution in [1.82, 2.24) is 0 Å². The van der Waals surface area contributed by atoms with E-state index in [0.717, 1.165) is 22.5 Å². The van der Waals surface area contributed by atoms with Crippen LogP contribution in [-0.4, -0.2) is 5.91 Å². The largest absolute Gasteiger partial charge is 0.281 e. The lowest BCUT2D eigenvalue weighted by molar-refractivity contribution is -0.115. The Morgan fingerprint density at radius 2 is 1.45 bits per heavy atom. The van der Waals surface area contributed by atoms with Crippen LogP contribution in [0.1, 0.15) is 6.92 Å². The van der Waals surface area contributed by atoms with E-state index >= 15 is 0 Å². The highest BCUT2D eigenvalue weighted by Gasteiger charge is 2.19. The van der Waals surface area contributed by atoms with Gasteiger partial charge in [-0.15, -0.1) is 0 Å². The second-order valence-electron chi connectivity index (χ2n) is 4.69. The van der Waals surface area contributed by atoms with E-state index in [1.54, 1.807) is 11.8 Å². The van der Waals surface area contributed by atoms with Crippen LogP contribution < -0.4 is 4.90 Å². The smallest absolute Gasteiger partial charge is 0.228 e. The summed E-state index contributed by atoms with van der Waals surface area (Å²) < 4.78 is 0. The topological polar surface area (TPSA) is 20.3 Å². The summed E-state index contributed by atoms with van der Waals surface area (Å²) in [4.78, 5) is 13.8. The highest BCUT2D eigenvalue weighted by Crippen LogP contribution is 2.37. The first-order chi connectivity index (χ1) is 9.77. The predicted molar refractivity (Wildman–Crippen MR) is 82.3 cm³/mol. The molecule has 0 aliphatic heterocycles. The van der Waals surface area contributed by atoms with Crippen molar-refractivity contribution in [3.8, 4) is 11.1 Å². The molecule has 0 spiro atoms. The van der Waals surface area contributed by atoms with Gasteiger partial charge in [0, 0.05) is 18.2 Å². The van der Waals surface area contributed by atoms with Crippen LogP contribution in [-0.2, 0) is 4.79 Å². The monoisotopic (exact) mass is 261 g/mol.